The highest BCUT2D eigenvalue weighted by molar-refractivity contribution is 7.99. The molecular weight excluding hydrogens is 510 g/mol. The summed E-state index contributed by atoms with van der Waals surface area (Å²) in [4.78, 5) is 17.5. The molecule has 2 aromatic heterocycles. The van der Waals surface area contributed by atoms with E-state index in [-0.39, 0.29) is 11.7 Å². The Balaban J connectivity index is 1.08. The van der Waals surface area contributed by atoms with Crippen LogP contribution >= 0.6 is 23.1 Å². The van der Waals surface area contributed by atoms with Crippen LogP contribution in [0.15, 0.2) is 90.6 Å². The minimum absolute atomic E-state index is 0.0819. The Kier molecular flexibility index (Phi) is 6.82. The minimum atomic E-state index is -0.0819. The van der Waals surface area contributed by atoms with Gasteiger partial charge in [-0.1, -0.05) is 54.2 Å². The van der Waals surface area contributed by atoms with Crippen LogP contribution in [0.2, 0.25) is 0 Å². The van der Waals surface area contributed by atoms with Crippen molar-refractivity contribution in [3.05, 3.63) is 102 Å². The van der Waals surface area contributed by atoms with Crippen LogP contribution in [0.4, 0.5) is 5.69 Å². The van der Waals surface area contributed by atoms with Gasteiger partial charge in [-0.3, -0.25) is 4.79 Å². The van der Waals surface area contributed by atoms with E-state index >= 15 is 0 Å². The third-order valence-electron chi connectivity index (χ3n) is 6.70. The number of carbonyl (C=O) groups excluding carboxylic acids is 1. The summed E-state index contributed by atoms with van der Waals surface area (Å²) in [6.07, 6.45) is 2.92. The number of hydrogen-bond donors (Lipinski definition) is 1. The lowest BCUT2D eigenvalue weighted by molar-refractivity contribution is -0.113. The van der Waals surface area contributed by atoms with E-state index in [9.17, 15) is 4.79 Å². The number of carbonyl (C=O) groups is 1. The number of rotatable bonds is 9. The average molecular weight is 538 g/mol. The Labute approximate surface area is 229 Å². The second kappa shape index (κ2) is 10.6. The second-order valence-electron chi connectivity index (χ2n) is 9.50. The molecule has 0 bridgehead atoms. The lowest BCUT2D eigenvalue weighted by Gasteiger charge is -2.08. The van der Waals surface area contributed by atoms with E-state index in [2.05, 4.69) is 76.0 Å². The number of fused-ring (bicyclic) bond motifs is 1. The molecule has 2 unspecified atom stereocenters. The van der Waals surface area contributed by atoms with Crippen molar-refractivity contribution in [1.82, 2.24) is 19.7 Å². The predicted octanol–water partition coefficient (Wildman–Crippen LogP) is 7.05. The summed E-state index contributed by atoms with van der Waals surface area (Å²) >= 11 is 3.08. The standard InChI is InChI=1S/C30H27N5OS2/c1-3-15-35-28(24-17-23(24)20-7-5-4-6-8-20)33-34-30(35)37-18-27(36)31-22-12-10-21(11-13-22)29-32-25-14-9-19(2)16-26(25)38-29/h3-14,16,23-24H,1,15,17-18H2,2H3,(H,31,36). The molecule has 1 fully saturated rings. The number of nitrogens with zero attached hydrogens (tertiary/aromatic N) is 4. The highest BCUT2D eigenvalue weighted by Crippen LogP contribution is 2.54. The molecule has 1 aliphatic rings. The van der Waals surface area contributed by atoms with Crippen molar-refractivity contribution < 1.29 is 4.79 Å². The van der Waals surface area contributed by atoms with Gasteiger partial charge in [-0.05, 0) is 66.8 Å². The molecule has 6 nitrogen and oxygen atoms in total. The van der Waals surface area contributed by atoms with Gasteiger partial charge in [-0.2, -0.15) is 0 Å². The van der Waals surface area contributed by atoms with Crippen LogP contribution in [0, 0.1) is 6.92 Å². The topological polar surface area (TPSA) is 72.7 Å². The Bertz CT molecular complexity index is 1610. The highest BCUT2D eigenvalue weighted by Gasteiger charge is 2.43. The quantitative estimate of drug-likeness (QED) is 0.161. The van der Waals surface area contributed by atoms with E-state index in [0.29, 0.717) is 18.4 Å². The van der Waals surface area contributed by atoms with Gasteiger partial charge < -0.3 is 9.88 Å². The molecule has 2 atom stereocenters. The van der Waals surface area contributed by atoms with E-state index in [1.54, 1.807) is 11.3 Å². The van der Waals surface area contributed by atoms with Crippen molar-refractivity contribution in [2.24, 2.45) is 0 Å². The molecular formula is C30H27N5OS2. The van der Waals surface area contributed by atoms with Gasteiger partial charge in [-0.25, -0.2) is 4.98 Å². The summed E-state index contributed by atoms with van der Waals surface area (Å²) in [5.41, 5.74) is 5.37. The number of anilines is 1. The number of aromatic nitrogens is 4. The molecule has 190 valence electrons. The van der Waals surface area contributed by atoms with Crippen LogP contribution in [0.5, 0.6) is 0 Å². The molecule has 6 rings (SSSR count). The van der Waals surface area contributed by atoms with Gasteiger partial charge in [0.1, 0.15) is 10.8 Å². The Morgan fingerprint density at radius 1 is 1.11 bits per heavy atom. The van der Waals surface area contributed by atoms with E-state index in [0.717, 1.165) is 39.2 Å². The van der Waals surface area contributed by atoms with Crippen LogP contribution in [-0.2, 0) is 11.3 Å². The van der Waals surface area contributed by atoms with Gasteiger partial charge in [0.25, 0.3) is 0 Å². The van der Waals surface area contributed by atoms with Crippen LogP contribution < -0.4 is 5.32 Å². The maximum atomic E-state index is 12.7. The Morgan fingerprint density at radius 3 is 2.71 bits per heavy atom. The van der Waals surface area contributed by atoms with E-state index in [1.807, 2.05) is 36.4 Å². The number of nitrogens with one attached hydrogen (secondary N) is 1. The number of thioether (sulfide) groups is 1. The van der Waals surface area contributed by atoms with Crippen molar-refractivity contribution in [2.45, 2.75) is 36.9 Å². The second-order valence-corrected chi connectivity index (χ2v) is 11.5. The first-order chi connectivity index (χ1) is 18.6. The van der Waals surface area contributed by atoms with Gasteiger partial charge >= 0.3 is 0 Å². The monoisotopic (exact) mass is 537 g/mol. The third kappa shape index (κ3) is 5.14. The van der Waals surface area contributed by atoms with Crippen molar-refractivity contribution in [1.29, 1.82) is 0 Å². The third-order valence-corrected chi connectivity index (χ3v) is 8.73. The number of thiazole rings is 1. The fourth-order valence-electron chi connectivity index (χ4n) is 4.71. The number of amides is 1. The van der Waals surface area contributed by atoms with E-state index in [4.69, 9.17) is 4.98 Å². The SMILES string of the molecule is C=CCn1c(SCC(=O)Nc2ccc(-c3nc4ccc(C)cc4s3)cc2)nnc1C1CC1c1ccccc1. The molecule has 3 aromatic carbocycles. The van der Waals surface area contributed by atoms with Crippen LogP contribution in [0.25, 0.3) is 20.8 Å². The van der Waals surface area contributed by atoms with Crippen LogP contribution in [0.1, 0.15) is 35.2 Å². The van der Waals surface area contributed by atoms with Gasteiger partial charge in [0.05, 0.1) is 16.0 Å². The molecule has 1 aliphatic carbocycles. The normalized spacial score (nSPS) is 16.4. The fraction of sp³-hybridized carbons (Fsp3) is 0.200. The maximum absolute atomic E-state index is 12.7. The first kappa shape index (κ1) is 24.6. The summed E-state index contributed by atoms with van der Waals surface area (Å²) in [6, 6.07) is 24.7. The van der Waals surface area contributed by atoms with E-state index < -0.39 is 0 Å². The summed E-state index contributed by atoms with van der Waals surface area (Å²) in [5, 5.41) is 13.6. The molecule has 1 N–H and O–H groups in total. The highest BCUT2D eigenvalue weighted by atomic mass is 32.2. The van der Waals surface area contributed by atoms with Crippen LogP contribution in [-0.4, -0.2) is 31.4 Å². The Morgan fingerprint density at radius 2 is 1.92 bits per heavy atom. The van der Waals surface area contributed by atoms with Crippen molar-refractivity contribution in [3.8, 4) is 10.6 Å². The molecule has 0 radical (unpaired) electrons. The number of aryl methyl sites for hydroxylation is 1. The number of benzene rings is 3. The molecule has 0 aliphatic heterocycles. The largest absolute Gasteiger partial charge is 0.325 e. The summed E-state index contributed by atoms with van der Waals surface area (Å²) in [6.45, 7) is 6.61. The van der Waals surface area contributed by atoms with Crippen molar-refractivity contribution >= 4 is 44.9 Å². The zero-order valence-electron chi connectivity index (χ0n) is 21.0. The maximum Gasteiger partial charge on any atom is 0.234 e. The Hall–Kier alpha value is -3.75. The molecule has 5 aromatic rings. The molecule has 2 heterocycles. The van der Waals surface area contributed by atoms with Gasteiger partial charge in [-0.15, -0.1) is 28.1 Å². The van der Waals surface area contributed by atoms with E-state index in [1.165, 1.54) is 27.6 Å². The summed E-state index contributed by atoms with van der Waals surface area (Å²) < 4.78 is 3.27. The fourth-order valence-corrected chi connectivity index (χ4v) is 6.53. The molecule has 0 saturated heterocycles. The zero-order valence-corrected chi connectivity index (χ0v) is 22.6. The van der Waals surface area contributed by atoms with Crippen molar-refractivity contribution in [2.75, 3.05) is 11.1 Å². The van der Waals surface area contributed by atoms with Gasteiger partial charge in [0.2, 0.25) is 5.91 Å². The first-order valence-electron chi connectivity index (χ1n) is 12.6. The smallest absolute Gasteiger partial charge is 0.234 e. The summed E-state index contributed by atoms with van der Waals surface area (Å²) in [7, 11) is 0. The molecule has 0 spiro atoms. The summed E-state index contributed by atoms with van der Waals surface area (Å²) in [5.74, 6) is 1.97. The molecule has 1 saturated carbocycles. The lowest BCUT2D eigenvalue weighted by atomic mass is 10.1. The number of hydrogen-bond acceptors (Lipinski definition) is 6. The van der Waals surface area contributed by atoms with Crippen molar-refractivity contribution in [3.63, 3.8) is 0 Å². The predicted molar refractivity (Wildman–Crippen MR) is 156 cm³/mol. The number of allylic oxidation sites excluding steroid dienone is 1. The molecule has 38 heavy (non-hydrogen) atoms. The zero-order chi connectivity index (χ0) is 26.1. The average Bonchev–Trinajstić information content (AvgIpc) is 3.45. The lowest BCUT2D eigenvalue weighted by Crippen LogP contribution is -2.14. The van der Waals surface area contributed by atoms with Gasteiger partial charge in [0.15, 0.2) is 5.16 Å². The first-order valence-corrected chi connectivity index (χ1v) is 14.4. The van der Waals surface area contributed by atoms with Gasteiger partial charge in [0, 0.05) is 23.7 Å². The molecule has 1 amide bonds. The molecule has 8 heteroatoms. The minimum Gasteiger partial charge on any atom is -0.325 e. The van der Waals surface area contributed by atoms with Crippen LogP contribution in [0.3, 0.4) is 0 Å².